The van der Waals surface area contributed by atoms with Crippen LogP contribution in [-0.2, 0) is 13.0 Å². The Labute approximate surface area is 124 Å². The van der Waals surface area contributed by atoms with Crippen LogP contribution in [0, 0.1) is 6.92 Å². The zero-order valence-electron chi connectivity index (χ0n) is 12.4. The third kappa shape index (κ3) is 3.55. The van der Waals surface area contributed by atoms with Crippen LogP contribution in [0.5, 0.6) is 11.5 Å². The van der Waals surface area contributed by atoms with E-state index in [2.05, 4.69) is 29.4 Å². The Balaban J connectivity index is 1.46. The van der Waals surface area contributed by atoms with Crippen molar-refractivity contribution < 1.29 is 13.9 Å². The van der Waals surface area contributed by atoms with E-state index < -0.39 is 0 Å². The van der Waals surface area contributed by atoms with E-state index in [-0.39, 0.29) is 0 Å². The number of oxazole rings is 1. The van der Waals surface area contributed by atoms with E-state index in [0.717, 1.165) is 36.0 Å². The minimum absolute atomic E-state index is 0.326. The highest BCUT2D eigenvalue weighted by atomic mass is 16.7. The maximum Gasteiger partial charge on any atom is 0.231 e. The highest BCUT2D eigenvalue weighted by Gasteiger charge is 2.13. The molecule has 2 aromatic rings. The molecule has 5 heteroatoms. The number of fused-ring (bicyclic) bond motifs is 1. The van der Waals surface area contributed by atoms with Crippen molar-refractivity contribution in [2.75, 3.05) is 6.79 Å². The Hall–Kier alpha value is -2.01. The number of hydrogen-bond donors (Lipinski definition) is 1. The van der Waals surface area contributed by atoms with Gasteiger partial charge in [-0.15, -0.1) is 0 Å². The Morgan fingerprint density at radius 3 is 2.95 bits per heavy atom. The number of benzene rings is 1. The molecule has 112 valence electrons. The van der Waals surface area contributed by atoms with Crippen LogP contribution >= 0.6 is 0 Å². The van der Waals surface area contributed by atoms with Crippen LogP contribution in [0.25, 0.3) is 0 Å². The van der Waals surface area contributed by atoms with Crippen LogP contribution in [0.15, 0.2) is 28.8 Å². The van der Waals surface area contributed by atoms with Crippen molar-refractivity contribution in [2.24, 2.45) is 0 Å². The van der Waals surface area contributed by atoms with Gasteiger partial charge >= 0.3 is 0 Å². The Morgan fingerprint density at radius 1 is 1.29 bits per heavy atom. The number of aryl methyl sites for hydroxylation is 2. The van der Waals surface area contributed by atoms with Crippen LogP contribution in [0.1, 0.15) is 30.6 Å². The van der Waals surface area contributed by atoms with E-state index in [4.69, 9.17) is 13.9 Å². The average Bonchev–Trinajstić information content (AvgIpc) is 3.10. The number of hydrogen-bond acceptors (Lipinski definition) is 5. The second-order valence-corrected chi connectivity index (χ2v) is 5.37. The van der Waals surface area contributed by atoms with Crippen molar-refractivity contribution in [3.05, 3.63) is 41.6 Å². The third-order valence-corrected chi connectivity index (χ3v) is 3.57. The van der Waals surface area contributed by atoms with Gasteiger partial charge in [-0.05, 0) is 44.4 Å². The molecule has 0 bridgehead atoms. The van der Waals surface area contributed by atoms with Crippen molar-refractivity contribution in [1.82, 2.24) is 10.3 Å². The fraction of sp³-hybridized carbons (Fsp3) is 0.438. The second-order valence-electron chi connectivity index (χ2n) is 5.37. The van der Waals surface area contributed by atoms with Gasteiger partial charge in [0.2, 0.25) is 12.7 Å². The van der Waals surface area contributed by atoms with Gasteiger partial charge in [-0.3, -0.25) is 0 Å². The summed E-state index contributed by atoms with van der Waals surface area (Å²) < 4.78 is 16.2. The molecule has 3 rings (SSSR count). The molecule has 0 saturated carbocycles. The number of ether oxygens (including phenoxy) is 2. The molecule has 0 saturated heterocycles. The second kappa shape index (κ2) is 6.18. The Kier molecular flexibility index (Phi) is 4.10. The first-order valence-corrected chi connectivity index (χ1v) is 7.24. The van der Waals surface area contributed by atoms with Gasteiger partial charge in [0.15, 0.2) is 11.5 Å². The zero-order chi connectivity index (χ0) is 14.7. The summed E-state index contributed by atoms with van der Waals surface area (Å²) in [5.74, 6) is 3.27. The maximum atomic E-state index is 5.44. The van der Waals surface area contributed by atoms with Crippen molar-refractivity contribution in [2.45, 2.75) is 39.3 Å². The molecule has 0 radical (unpaired) electrons. The predicted octanol–water partition coefficient (Wildman–Crippen LogP) is 2.82. The first kappa shape index (κ1) is 13.9. The molecule has 0 aliphatic carbocycles. The van der Waals surface area contributed by atoms with E-state index in [1.54, 1.807) is 6.20 Å². The highest BCUT2D eigenvalue weighted by molar-refractivity contribution is 5.44. The summed E-state index contributed by atoms with van der Waals surface area (Å²) in [5, 5.41) is 3.42. The number of rotatable bonds is 6. The molecule has 21 heavy (non-hydrogen) atoms. The maximum absolute atomic E-state index is 5.44. The zero-order valence-corrected chi connectivity index (χ0v) is 12.4. The van der Waals surface area contributed by atoms with Gasteiger partial charge in [-0.25, -0.2) is 4.98 Å². The molecule has 1 aromatic carbocycles. The Bertz CT molecular complexity index is 609. The molecular weight excluding hydrogens is 268 g/mol. The molecule has 0 fully saturated rings. The van der Waals surface area contributed by atoms with Crippen LogP contribution in [0.2, 0.25) is 0 Å². The summed E-state index contributed by atoms with van der Waals surface area (Å²) in [6.45, 7) is 5.06. The molecule has 1 aromatic heterocycles. The van der Waals surface area contributed by atoms with E-state index in [1.165, 1.54) is 5.56 Å². The van der Waals surface area contributed by atoms with Crippen molar-refractivity contribution in [1.29, 1.82) is 0 Å². The van der Waals surface area contributed by atoms with Gasteiger partial charge in [-0.1, -0.05) is 6.07 Å². The largest absolute Gasteiger partial charge is 0.454 e. The number of nitrogens with zero attached hydrogens (tertiary/aromatic N) is 1. The molecule has 1 aliphatic heterocycles. The normalized spacial score (nSPS) is 14.4. The molecule has 1 N–H and O–H groups in total. The third-order valence-electron chi connectivity index (χ3n) is 3.57. The van der Waals surface area contributed by atoms with Gasteiger partial charge in [0.05, 0.1) is 12.7 Å². The van der Waals surface area contributed by atoms with Crippen LogP contribution in [0.3, 0.4) is 0 Å². The Morgan fingerprint density at radius 2 is 2.14 bits per heavy atom. The van der Waals surface area contributed by atoms with Gasteiger partial charge in [0.1, 0.15) is 5.76 Å². The average molecular weight is 288 g/mol. The molecular formula is C16H20N2O3. The number of aromatic nitrogens is 1. The predicted molar refractivity (Wildman–Crippen MR) is 78.4 cm³/mol. The van der Waals surface area contributed by atoms with E-state index in [0.29, 0.717) is 19.4 Å². The summed E-state index contributed by atoms with van der Waals surface area (Å²) in [6.07, 6.45) is 3.78. The summed E-state index contributed by atoms with van der Waals surface area (Å²) in [7, 11) is 0. The van der Waals surface area contributed by atoms with Crippen molar-refractivity contribution >= 4 is 0 Å². The molecule has 1 unspecified atom stereocenters. The summed E-state index contributed by atoms with van der Waals surface area (Å²) in [4.78, 5) is 4.19. The summed E-state index contributed by atoms with van der Waals surface area (Å²) in [6, 6.07) is 6.53. The number of nitrogens with one attached hydrogen (secondary N) is 1. The van der Waals surface area contributed by atoms with Gasteiger partial charge in [0.25, 0.3) is 0 Å². The molecule has 1 atom stereocenters. The molecule has 0 spiro atoms. The van der Waals surface area contributed by atoms with E-state index in [1.807, 2.05) is 13.0 Å². The van der Waals surface area contributed by atoms with Crippen LogP contribution in [0.4, 0.5) is 0 Å². The van der Waals surface area contributed by atoms with Crippen molar-refractivity contribution in [3.63, 3.8) is 0 Å². The van der Waals surface area contributed by atoms with Gasteiger partial charge < -0.3 is 19.2 Å². The first-order valence-electron chi connectivity index (χ1n) is 7.24. The fourth-order valence-electron chi connectivity index (χ4n) is 2.33. The lowest BCUT2D eigenvalue weighted by atomic mass is 10.1. The van der Waals surface area contributed by atoms with Crippen LogP contribution in [-0.4, -0.2) is 17.8 Å². The van der Waals surface area contributed by atoms with Gasteiger partial charge in [0, 0.05) is 6.04 Å². The lowest BCUT2D eigenvalue weighted by molar-refractivity contribution is 0.174. The lowest BCUT2D eigenvalue weighted by Gasteiger charge is -2.12. The highest BCUT2D eigenvalue weighted by Crippen LogP contribution is 2.32. The smallest absolute Gasteiger partial charge is 0.231 e. The van der Waals surface area contributed by atoms with Crippen LogP contribution < -0.4 is 14.8 Å². The topological polar surface area (TPSA) is 56.5 Å². The molecule has 5 nitrogen and oxygen atoms in total. The van der Waals surface area contributed by atoms with Crippen molar-refractivity contribution in [3.8, 4) is 11.5 Å². The van der Waals surface area contributed by atoms with Gasteiger partial charge in [-0.2, -0.15) is 0 Å². The first-order chi connectivity index (χ1) is 10.2. The lowest BCUT2D eigenvalue weighted by Crippen LogP contribution is -2.26. The monoisotopic (exact) mass is 288 g/mol. The fourth-order valence-corrected chi connectivity index (χ4v) is 2.33. The molecule has 1 aliphatic rings. The minimum atomic E-state index is 0.326. The summed E-state index contributed by atoms with van der Waals surface area (Å²) >= 11 is 0. The van der Waals surface area contributed by atoms with E-state index in [9.17, 15) is 0 Å². The molecule has 0 amide bonds. The standard InChI is InChI=1S/C16H20N2O3/c1-11(17-9-16-18-8-12(2)21-16)3-4-13-5-6-14-15(7-13)20-10-19-14/h5-8,11,17H,3-4,9-10H2,1-2H3. The van der Waals surface area contributed by atoms with E-state index >= 15 is 0 Å². The SMILES string of the molecule is Cc1cnc(CNC(C)CCc2ccc3c(c2)OCO3)o1. The minimum Gasteiger partial charge on any atom is -0.454 e. The summed E-state index contributed by atoms with van der Waals surface area (Å²) in [5.41, 5.74) is 1.26. The molecule has 2 heterocycles. The quantitative estimate of drug-likeness (QED) is 0.885.